The van der Waals surface area contributed by atoms with Crippen molar-refractivity contribution in [2.45, 2.75) is 6.92 Å². The molecule has 0 aliphatic heterocycles. The maximum absolute atomic E-state index is 13.7. The van der Waals surface area contributed by atoms with Crippen LogP contribution < -0.4 is 11.1 Å². The van der Waals surface area contributed by atoms with Crippen LogP contribution in [0.25, 0.3) is 0 Å². The SMILES string of the molecule is COC(=O)c1ncc(Nc2c(N)cccc2F)cc1C. The Bertz CT molecular complexity index is 639. The fraction of sp³-hybridized carbons (Fsp3) is 0.143. The van der Waals surface area contributed by atoms with Crippen LogP contribution in [0.4, 0.5) is 21.5 Å². The summed E-state index contributed by atoms with van der Waals surface area (Å²) >= 11 is 0. The van der Waals surface area contributed by atoms with Crippen molar-refractivity contribution in [1.82, 2.24) is 4.98 Å². The lowest BCUT2D eigenvalue weighted by Crippen LogP contribution is -2.07. The van der Waals surface area contributed by atoms with Crippen LogP contribution in [0.5, 0.6) is 0 Å². The van der Waals surface area contributed by atoms with E-state index in [1.54, 1.807) is 19.1 Å². The van der Waals surface area contributed by atoms with Gasteiger partial charge in [0, 0.05) is 0 Å². The van der Waals surface area contributed by atoms with Crippen molar-refractivity contribution in [3.05, 3.63) is 47.5 Å². The van der Waals surface area contributed by atoms with E-state index in [4.69, 9.17) is 5.73 Å². The van der Waals surface area contributed by atoms with Gasteiger partial charge in [-0.2, -0.15) is 0 Å². The number of aromatic nitrogens is 1. The first kappa shape index (κ1) is 13.8. The number of halogens is 1. The molecular weight excluding hydrogens is 261 g/mol. The molecule has 0 spiro atoms. The summed E-state index contributed by atoms with van der Waals surface area (Å²) in [6.45, 7) is 1.72. The second-order valence-corrected chi connectivity index (χ2v) is 4.21. The van der Waals surface area contributed by atoms with Gasteiger partial charge in [0.1, 0.15) is 5.82 Å². The van der Waals surface area contributed by atoms with Gasteiger partial charge in [0.25, 0.3) is 0 Å². The summed E-state index contributed by atoms with van der Waals surface area (Å²) in [6.07, 6.45) is 1.42. The minimum absolute atomic E-state index is 0.180. The second kappa shape index (κ2) is 5.56. The van der Waals surface area contributed by atoms with Gasteiger partial charge in [-0.25, -0.2) is 14.2 Å². The van der Waals surface area contributed by atoms with E-state index in [0.29, 0.717) is 16.9 Å². The molecule has 0 unspecified atom stereocenters. The number of nitrogens with one attached hydrogen (secondary N) is 1. The molecule has 3 N–H and O–H groups in total. The molecule has 0 bridgehead atoms. The zero-order valence-electron chi connectivity index (χ0n) is 11.1. The van der Waals surface area contributed by atoms with E-state index < -0.39 is 11.8 Å². The Balaban J connectivity index is 2.32. The predicted molar refractivity (Wildman–Crippen MR) is 74.4 cm³/mol. The number of hydrogen-bond donors (Lipinski definition) is 2. The fourth-order valence-electron chi connectivity index (χ4n) is 1.77. The molecule has 20 heavy (non-hydrogen) atoms. The lowest BCUT2D eigenvalue weighted by Gasteiger charge is -2.11. The first-order valence-electron chi connectivity index (χ1n) is 5.89. The number of rotatable bonds is 3. The number of pyridine rings is 1. The number of esters is 1. The molecule has 0 aliphatic carbocycles. The lowest BCUT2D eigenvalue weighted by atomic mass is 10.2. The maximum atomic E-state index is 13.7. The van der Waals surface area contributed by atoms with Gasteiger partial charge in [-0.15, -0.1) is 0 Å². The number of hydrogen-bond acceptors (Lipinski definition) is 5. The topological polar surface area (TPSA) is 77.2 Å². The summed E-state index contributed by atoms with van der Waals surface area (Å²) in [7, 11) is 1.29. The van der Waals surface area contributed by atoms with Gasteiger partial charge in [-0.1, -0.05) is 6.07 Å². The molecule has 6 heteroatoms. The molecule has 2 aromatic rings. The Hall–Kier alpha value is -2.63. The number of nitrogens with zero attached hydrogens (tertiary/aromatic N) is 1. The summed E-state index contributed by atoms with van der Waals surface area (Å²) < 4.78 is 18.3. The minimum atomic E-state index is -0.514. The summed E-state index contributed by atoms with van der Waals surface area (Å²) in [5.41, 5.74) is 7.56. The van der Waals surface area contributed by atoms with Crippen molar-refractivity contribution in [1.29, 1.82) is 0 Å². The van der Waals surface area contributed by atoms with E-state index in [0.717, 1.165) is 0 Å². The highest BCUT2D eigenvalue weighted by Gasteiger charge is 2.12. The minimum Gasteiger partial charge on any atom is -0.464 e. The molecule has 0 aliphatic rings. The van der Waals surface area contributed by atoms with Crippen LogP contribution in [0, 0.1) is 12.7 Å². The normalized spacial score (nSPS) is 10.2. The van der Waals surface area contributed by atoms with Crippen LogP contribution in [-0.4, -0.2) is 18.1 Å². The predicted octanol–water partition coefficient (Wildman–Crippen LogP) is 2.64. The highest BCUT2D eigenvalue weighted by atomic mass is 19.1. The Labute approximate surface area is 115 Å². The number of anilines is 3. The van der Waals surface area contributed by atoms with Crippen LogP contribution in [0.1, 0.15) is 16.1 Å². The first-order valence-corrected chi connectivity index (χ1v) is 5.89. The summed E-state index contributed by atoms with van der Waals surface area (Å²) in [5.74, 6) is -0.973. The van der Waals surface area contributed by atoms with Crippen molar-refractivity contribution < 1.29 is 13.9 Å². The Morgan fingerprint density at radius 2 is 2.20 bits per heavy atom. The number of carbonyl (C=O) groups is 1. The monoisotopic (exact) mass is 275 g/mol. The van der Waals surface area contributed by atoms with Gasteiger partial charge in [0.05, 0.1) is 30.4 Å². The number of aryl methyl sites for hydroxylation is 1. The van der Waals surface area contributed by atoms with Crippen LogP contribution >= 0.6 is 0 Å². The van der Waals surface area contributed by atoms with Crippen molar-refractivity contribution in [2.75, 3.05) is 18.2 Å². The smallest absolute Gasteiger partial charge is 0.356 e. The van der Waals surface area contributed by atoms with Crippen LogP contribution in [0.3, 0.4) is 0 Å². The Morgan fingerprint density at radius 1 is 1.45 bits per heavy atom. The van der Waals surface area contributed by atoms with E-state index in [1.807, 2.05) is 0 Å². The number of methoxy groups -OCH3 is 1. The molecule has 0 atom stereocenters. The molecule has 1 aromatic carbocycles. The van der Waals surface area contributed by atoms with Crippen LogP contribution in [-0.2, 0) is 4.74 Å². The van der Waals surface area contributed by atoms with E-state index in [-0.39, 0.29) is 11.4 Å². The van der Waals surface area contributed by atoms with E-state index in [2.05, 4.69) is 15.0 Å². The molecule has 0 radical (unpaired) electrons. The van der Waals surface area contributed by atoms with Gasteiger partial charge < -0.3 is 15.8 Å². The maximum Gasteiger partial charge on any atom is 0.356 e. The van der Waals surface area contributed by atoms with Crippen molar-refractivity contribution in [3.8, 4) is 0 Å². The number of benzene rings is 1. The quantitative estimate of drug-likeness (QED) is 0.665. The Kier molecular flexibility index (Phi) is 3.84. The molecule has 0 saturated carbocycles. The third kappa shape index (κ3) is 2.69. The molecule has 0 amide bonds. The molecule has 1 aromatic heterocycles. The van der Waals surface area contributed by atoms with Gasteiger partial charge in [0.15, 0.2) is 5.69 Å². The largest absolute Gasteiger partial charge is 0.464 e. The van der Waals surface area contributed by atoms with Gasteiger partial charge in [0.2, 0.25) is 0 Å². The summed E-state index contributed by atoms with van der Waals surface area (Å²) in [5, 5.41) is 2.85. The first-order chi connectivity index (χ1) is 9.52. The summed E-state index contributed by atoms with van der Waals surface area (Å²) in [4.78, 5) is 15.4. The van der Waals surface area contributed by atoms with Gasteiger partial charge in [-0.05, 0) is 30.7 Å². The number of ether oxygens (including phenoxy) is 1. The van der Waals surface area contributed by atoms with Crippen molar-refractivity contribution in [3.63, 3.8) is 0 Å². The number of carbonyl (C=O) groups excluding carboxylic acids is 1. The van der Waals surface area contributed by atoms with E-state index >= 15 is 0 Å². The lowest BCUT2D eigenvalue weighted by molar-refractivity contribution is 0.0593. The van der Waals surface area contributed by atoms with Crippen molar-refractivity contribution in [2.24, 2.45) is 0 Å². The molecule has 0 saturated heterocycles. The van der Waals surface area contributed by atoms with Crippen molar-refractivity contribution >= 4 is 23.0 Å². The molecule has 104 valence electrons. The average molecular weight is 275 g/mol. The highest BCUT2D eigenvalue weighted by Crippen LogP contribution is 2.26. The van der Waals surface area contributed by atoms with E-state index in [9.17, 15) is 9.18 Å². The van der Waals surface area contributed by atoms with E-state index in [1.165, 1.54) is 25.4 Å². The molecule has 0 fully saturated rings. The van der Waals surface area contributed by atoms with Crippen LogP contribution in [0.2, 0.25) is 0 Å². The fourth-order valence-corrected chi connectivity index (χ4v) is 1.77. The third-order valence-electron chi connectivity index (χ3n) is 2.77. The standard InChI is InChI=1S/C14H14FN3O2/c1-8-6-9(7-17-12(8)14(19)20-2)18-13-10(15)4-3-5-11(13)16/h3-7,18H,16H2,1-2H3. The number of nitrogens with two attached hydrogens (primary N) is 1. The zero-order chi connectivity index (χ0) is 14.7. The zero-order valence-corrected chi connectivity index (χ0v) is 11.1. The van der Waals surface area contributed by atoms with Crippen LogP contribution in [0.15, 0.2) is 30.5 Å². The van der Waals surface area contributed by atoms with Gasteiger partial charge in [-0.3, -0.25) is 0 Å². The highest BCUT2D eigenvalue weighted by molar-refractivity contribution is 5.89. The molecule has 1 heterocycles. The molecule has 5 nitrogen and oxygen atoms in total. The average Bonchev–Trinajstić information content (AvgIpc) is 2.42. The molecule has 2 rings (SSSR count). The molecular formula is C14H14FN3O2. The third-order valence-corrected chi connectivity index (χ3v) is 2.77. The number of nitrogen functional groups attached to an aromatic ring is 1. The Morgan fingerprint density at radius 3 is 2.80 bits per heavy atom. The second-order valence-electron chi connectivity index (χ2n) is 4.21. The summed E-state index contributed by atoms with van der Waals surface area (Å²) in [6, 6.07) is 6.10. The number of para-hydroxylation sites is 1. The van der Waals surface area contributed by atoms with Gasteiger partial charge >= 0.3 is 5.97 Å².